The average molecular weight is 420 g/mol. The van der Waals surface area contributed by atoms with Crippen molar-refractivity contribution in [1.29, 1.82) is 0 Å². The third-order valence-electron chi connectivity index (χ3n) is 6.29. The number of piperidine rings is 1. The van der Waals surface area contributed by atoms with Crippen LogP contribution in [0.1, 0.15) is 35.2 Å². The molecule has 2 heterocycles. The SMILES string of the molecule is Cc1ccc(C(=O)N2CCC(C(=O)NCC3CC(=O)N(c4ccccc4)C3)CC2)cc1. The Hall–Kier alpha value is -3.15. The number of aryl methyl sites for hydroxylation is 1. The van der Waals surface area contributed by atoms with Crippen molar-refractivity contribution in [3.05, 3.63) is 65.7 Å². The summed E-state index contributed by atoms with van der Waals surface area (Å²) in [7, 11) is 0. The van der Waals surface area contributed by atoms with Gasteiger partial charge in [0.25, 0.3) is 5.91 Å². The van der Waals surface area contributed by atoms with Gasteiger partial charge in [0.2, 0.25) is 11.8 Å². The summed E-state index contributed by atoms with van der Waals surface area (Å²) in [5.41, 5.74) is 2.73. The number of rotatable bonds is 5. The number of carbonyl (C=O) groups is 3. The van der Waals surface area contributed by atoms with Crippen LogP contribution in [0, 0.1) is 18.8 Å². The van der Waals surface area contributed by atoms with Crippen LogP contribution in [0.25, 0.3) is 0 Å². The normalized spacial score (nSPS) is 19.5. The molecule has 2 aliphatic heterocycles. The zero-order valence-corrected chi connectivity index (χ0v) is 17.9. The van der Waals surface area contributed by atoms with Crippen LogP contribution in [0.3, 0.4) is 0 Å². The average Bonchev–Trinajstić information content (AvgIpc) is 3.18. The second kappa shape index (κ2) is 9.33. The maximum absolute atomic E-state index is 12.7. The number of nitrogens with one attached hydrogen (secondary N) is 1. The minimum absolute atomic E-state index is 0.0318. The second-order valence-corrected chi connectivity index (χ2v) is 8.59. The molecule has 0 spiro atoms. The summed E-state index contributed by atoms with van der Waals surface area (Å²) < 4.78 is 0. The molecule has 0 aliphatic carbocycles. The van der Waals surface area contributed by atoms with Gasteiger partial charge >= 0.3 is 0 Å². The number of carbonyl (C=O) groups excluding carboxylic acids is 3. The van der Waals surface area contributed by atoms with Gasteiger partial charge in [-0.2, -0.15) is 0 Å². The first-order chi connectivity index (χ1) is 15.0. The van der Waals surface area contributed by atoms with E-state index in [2.05, 4.69) is 5.32 Å². The lowest BCUT2D eigenvalue weighted by atomic mass is 9.95. The Morgan fingerprint density at radius 1 is 1.00 bits per heavy atom. The Labute approximate surface area is 183 Å². The van der Waals surface area contributed by atoms with Gasteiger partial charge in [-0.1, -0.05) is 35.9 Å². The van der Waals surface area contributed by atoms with Crippen molar-refractivity contribution in [2.24, 2.45) is 11.8 Å². The van der Waals surface area contributed by atoms with E-state index in [0.29, 0.717) is 51.0 Å². The molecule has 2 aromatic rings. The lowest BCUT2D eigenvalue weighted by Crippen LogP contribution is -2.44. The molecular formula is C25H29N3O3. The summed E-state index contributed by atoms with van der Waals surface area (Å²) in [6, 6.07) is 17.3. The van der Waals surface area contributed by atoms with Gasteiger partial charge in [0, 0.05) is 55.7 Å². The van der Waals surface area contributed by atoms with Crippen LogP contribution in [-0.2, 0) is 9.59 Å². The van der Waals surface area contributed by atoms with Crippen molar-refractivity contribution in [3.8, 4) is 0 Å². The van der Waals surface area contributed by atoms with Crippen LogP contribution in [0.5, 0.6) is 0 Å². The van der Waals surface area contributed by atoms with Gasteiger partial charge in [0.1, 0.15) is 0 Å². The zero-order valence-electron chi connectivity index (χ0n) is 17.9. The standard InChI is InChI=1S/C25H29N3O3/c1-18-7-9-21(10-8-18)25(31)27-13-11-20(12-14-27)24(30)26-16-19-15-23(29)28(17-19)22-5-3-2-4-6-22/h2-10,19-20H,11-17H2,1H3,(H,26,30). The zero-order chi connectivity index (χ0) is 21.8. The number of para-hydroxylation sites is 1. The lowest BCUT2D eigenvalue weighted by molar-refractivity contribution is -0.126. The van der Waals surface area contributed by atoms with Crippen LogP contribution in [0.2, 0.25) is 0 Å². The fourth-order valence-corrected chi connectivity index (χ4v) is 4.39. The van der Waals surface area contributed by atoms with Crippen molar-refractivity contribution >= 4 is 23.4 Å². The monoisotopic (exact) mass is 419 g/mol. The molecule has 6 heteroatoms. The summed E-state index contributed by atoms with van der Waals surface area (Å²) in [4.78, 5) is 41.3. The van der Waals surface area contributed by atoms with Gasteiger partial charge in [-0.15, -0.1) is 0 Å². The van der Waals surface area contributed by atoms with Gasteiger partial charge in [-0.3, -0.25) is 14.4 Å². The molecule has 1 N–H and O–H groups in total. The summed E-state index contributed by atoms with van der Waals surface area (Å²) >= 11 is 0. The van der Waals surface area contributed by atoms with E-state index in [4.69, 9.17) is 0 Å². The number of hydrogen-bond donors (Lipinski definition) is 1. The van der Waals surface area contributed by atoms with Crippen LogP contribution >= 0.6 is 0 Å². The van der Waals surface area contributed by atoms with E-state index in [1.807, 2.05) is 66.4 Å². The molecule has 3 amide bonds. The molecule has 0 radical (unpaired) electrons. The molecule has 2 fully saturated rings. The van der Waals surface area contributed by atoms with Gasteiger partial charge in [0.15, 0.2) is 0 Å². The van der Waals surface area contributed by atoms with Crippen LogP contribution in [-0.4, -0.2) is 48.8 Å². The molecule has 2 aliphatic rings. The third-order valence-corrected chi connectivity index (χ3v) is 6.29. The minimum Gasteiger partial charge on any atom is -0.356 e. The maximum atomic E-state index is 12.7. The summed E-state index contributed by atoms with van der Waals surface area (Å²) in [5.74, 6) is 0.218. The first-order valence-electron chi connectivity index (χ1n) is 11.0. The molecule has 1 atom stereocenters. The highest BCUT2D eigenvalue weighted by molar-refractivity contribution is 5.96. The predicted molar refractivity (Wildman–Crippen MR) is 120 cm³/mol. The predicted octanol–water partition coefficient (Wildman–Crippen LogP) is 3.02. The number of hydrogen-bond acceptors (Lipinski definition) is 3. The summed E-state index contributed by atoms with van der Waals surface area (Å²) in [6.45, 7) is 4.32. The Balaban J connectivity index is 1.23. The molecule has 31 heavy (non-hydrogen) atoms. The molecule has 2 saturated heterocycles. The highest BCUT2D eigenvalue weighted by Gasteiger charge is 2.32. The highest BCUT2D eigenvalue weighted by atomic mass is 16.2. The molecule has 6 nitrogen and oxygen atoms in total. The van der Waals surface area contributed by atoms with Gasteiger partial charge < -0.3 is 15.1 Å². The third kappa shape index (κ3) is 4.95. The van der Waals surface area contributed by atoms with E-state index < -0.39 is 0 Å². The molecule has 4 rings (SSSR count). The Kier molecular flexibility index (Phi) is 6.35. The fraction of sp³-hybridized carbons (Fsp3) is 0.400. The van der Waals surface area contributed by atoms with Crippen molar-refractivity contribution in [3.63, 3.8) is 0 Å². The van der Waals surface area contributed by atoms with Gasteiger partial charge in [-0.25, -0.2) is 0 Å². The molecule has 0 aromatic heterocycles. The molecule has 2 aromatic carbocycles. The van der Waals surface area contributed by atoms with Crippen molar-refractivity contribution in [2.75, 3.05) is 31.1 Å². The molecular weight excluding hydrogens is 390 g/mol. The van der Waals surface area contributed by atoms with Gasteiger partial charge in [0.05, 0.1) is 0 Å². The Morgan fingerprint density at radius 2 is 1.68 bits per heavy atom. The van der Waals surface area contributed by atoms with Crippen LogP contribution < -0.4 is 10.2 Å². The van der Waals surface area contributed by atoms with Gasteiger partial charge in [-0.05, 0) is 44.0 Å². The van der Waals surface area contributed by atoms with Crippen LogP contribution in [0.15, 0.2) is 54.6 Å². The number of amides is 3. The maximum Gasteiger partial charge on any atom is 0.253 e. The van der Waals surface area contributed by atoms with Crippen LogP contribution in [0.4, 0.5) is 5.69 Å². The van der Waals surface area contributed by atoms with E-state index in [1.165, 1.54) is 0 Å². The summed E-state index contributed by atoms with van der Waals surface area (Å²) in [6.07, 6.45) is 1.80. The largest absolute Gasteiger partial charge is 0.356 e. The van der Waals surface area contributed by atoms with Crippen molar-refractivity contribution < 1.29 is 14.4 Å². The number of anilines is 1. The second-order valence-electron chi connectivity index (χ2n) is 8.59. The smallest absolute Gasteiger partial charge is 0.253 e. The molecule has 0 saturated carbocycles. The molecule has 162 valence electrons. The highest BCUT2D eigenvalue weighted by Crippen LogP contribution is 2.25. The van der Waals surface area contributed by atoms with Crippen molar-refractivity contribution in [1.82, 2.24) is 10.2 Å². The van der Waals surface area contributed by atoms with E-state index in [-0.39, 0.29) is 29.6 Å². The van der Waals surface area contributed by atoms with E-state index in [1.54, 1.807) is 4.90 Å². The molecule has 1 unspecified atom stereocenters. The summed E-state index contributed by atoms with van der Waals surface area (Å²) in [5, 5.41) is 3.05. The number of likely N-dealkylation sites (tertiary alicyclic amines) is 1. The fourth-order valence-electron chi connectivity index (χ4n) is 4.39. The van der Waals surface area contributed by atoms with E-state index in [9.17, 15) is 14.4 Å². The first kappa shape index (κ1) is 21.1. The van der Waals surface area contributed by atoms with Crippen molar-refractivity contribution in [2.45, 2.75) is 26.2 Å². The number of nitrogens with zero attached hydrogens (tertiary/aromatic N) is 2. The quantitative estimate of drug-likeness (QED) is 0.810. The first-order valence-corrected chi connectivity index (χ1v) is 11.0. The lowest BCUT2D eigenvalue weighted by Gasteiger charge is -2.31. The molecule has 0 bridgehead atoms. The Morgan fingerprint density at radius 3 is 2.35 bits per heavy atom. The van der Waals surface area contributed by atoms with E-state index in [0.717, 1.165) is 11.3 Å². The minimum atomic E-state index is -0.0793. The Bertz CT molecular complexity index is 934. The number of benzene rings is 2. The van der Waals surface area contributed by atoms with E-state index >= 15 is 0 Å². The topological polar surface area (TPSA) is 69.7 Å².